The molecule has 0 radical (unpaired) electrons. The Morgan fingerprint density at radius 2 is 1.94 bits per heavy atom. The number of carbonyl (C=O) groups is 1. The molecule has 1 heterocycles. The molecule has 11 heteroatoms. The van der Waals surface area contributed by atoms with Crippen molar-refractivity contribution in [2.24, 2.45) is 0 Å². The van der Waals surface area contributed by atoms with Crippen molar-refractivity contribution in [3.8, 4) is 5.75 Å². The van der Waals surface area contributed by atoms with Crippen molar-refractivity contribution in [1.82, 2.24) is 9.55 Å². The molecule has 0 aliphatic heterocycles. The van der Waals surface area contributed by atoms with Gasteiger partial charge >= 0.3 is 6.18 Å². The number of rotatable bonds is 9. The smallest absolute Gasteiger partial charge is 0.416 e. The topological polar surface area (TPSA) is 82.5 Å². The van der Waals surface area contributed by atoms with Crippen molar-refractivity contribution in [2.75, 3.05) is 31.4 Å². The molecule has 2 aromatic carbocycles. The van der Waals surface area contributed by atoms with Crippen LogP contribution in [0.4, 0.5) is 18.9 Å². The summed E-state index contributed by atoms with van der Waals surface area (Å²) in [7, 11) is 1.47. The van der Waals surface area contributed by atoms with E-state index < -0.39 is 17.6 Å². The van der Waals surface area contributed by atoms with Crippen LogP contribution in [0.25, 0.3) is 10.9 Å². The number of anilines is 1. The number of hydrogen-bond acceptors (Lipinski definition) is 6. The van der Waals surface area contributed by atoms with Gasteiger partial charge in [0.1, 0.15) is 12.4 Å². The predicted octanol–water partition coefficient (Wildman–Crippen LogP) is 4.19. The van der Waals surface area contributed by atoms with E-state index in [0.717, 1.165) is 30.0 Å². The number of halogens is 3. The SMILES string of the molecule is CCn1c(SCC(=O)Nc2cc(C(F)(F)F)ccc2OCCOC)nc2ccccc2c1=O. The van der Waals surface area contributed by atoms with Gasteiger partial charge < -0.3 is 14.8 Å². The Hall–Kier alpha value is -3.05. The number of carbonyl (C=O) groups excluding carboxylic acids is 1. The van der Waals surface area contributed by atoms with Crippen LogP contribution in [-0.2, 0) is 22.3 Å². The molecule has 0 aliphatic carbocycles. The molecule has 1 N–H and O–H groups in total. The van der Waals surface area contributed by atoms with E-state index in [0.29, 0.717) is 22.6 Å². The number of amides is 1. The maximum absolute atomic E-state index is 13.1. The van der Waals surface area contributed by atoms with E-state index in [1.807, 2.05) is 0 Å². The number of fused-ring (bicyclic) bond motifs is 1. The van der Waals surface area contributed by atoms with Gasteiger partial charge in [0.05, 0.1) is 34.5 Å². The summed E-state index contributed by atoms with van der Waals surface area (Å²) in [4.78, 5) is 29.7. The summed E-state index contributed by atoms with van der Waals surface area (Å²) >= 11 is 1.02. The van der Waals surface area contributed by atoms with Gasteiger partial charge in [-0.2, -0.15) is 13.2 Å². The lowest BCUT2D eigenvalue weighted by Crippen LogP contribution is -2.23. The van der Waals surface area contributed by atoms with Crippen molar-refractivity contribution < 1.29 is 27.4 Å². The molecule has 0 saturated carbocycles. The van der Waals surface area contributed by atoms with Gasteiger partial charge in [-0.3, -0.25) is 14.2 Å². The number of aromatic nitrogens is 2. The number of hydrogen-bond donors (Lipinski definition) is 1. The maximum Gasteiger partial charge on any atom is 0.416 e. The molecule has 0 bridgehead atoms. The van der Waals surface area contributed by atoms with Crippen LogP contribution in [0.2, 0.25) is 0 Å². The zero-order chi connectivity index (χ0) is 24.0. The molecular weight excluding hydrogens is 459 g/mol. The Bertz CT molecular complexity index is 1200. The summed E-state index contributed by atoms with van der Waals surface area (Å²) in [5, 5.41) is 3.28. The van der Waals surface area contributed by atoms with E-state index in [1.165, 1.54) is 11.7 Å². The number of benzene rings is 2. The molecule has 0 saturated heterocycles. The van der Waals surface area contributed by atoms with E-state index in [-0.39, 0.29) is 36.0 Å². The molecule has 0 unspecified atom stereocenters. The van der Waals surface area contributed by atoms with Crippen molar-refractivity contribution >= 4 is 34.3 Å². The molecule has 0 atom stereocenters. The lowest BCUT2D eigenvalue weighted by atomic mass is 10.1. The zero-order valence-corrected chi connectivity index (χ0v) is 18.8. The maximum atomic E-state index is 13.1. The van der Waals surface area contributed by atoms with Gasteiger partial charge in [0.2, 0.25) is 5.91 Å². The minimum absolute atomic E-state index is 0.0905. The molecule has 0 aliphatic rings. The van der Waals surface area contributed by atoms with Crippen molar-refractivity contribution in [1.29, 1.82) is 0 Å². The van der Waals surface area contributed by atoms with Crippen LogP contribution < -0.4 is 15.6 Å². The lowest BCUT2D eigenvalue weighted by molar-refractivity contribution is -0.137. The summed E-state index contributed by atoms with van der Waals surface area (Å²) in [5.41, 5.74) is -0.744. The highest BCUT2D eigenvalue weighted by atomic mass is 32.2. The van der Waals surface area contributed by atoms with Gasteiger partial charge in [-0.15, -0.1) is 0 Å². The monoisotopic (exact) mass is 481 g/mol. The Balaban J connectivity index is 1.80. The van der Waals surface area contributed by atoms with Crippen LogP contribution >= 0.6 is 11.8 Å². The number of thioether (sulfide) groups is 1. The van der Waals surface area contributed by atoms with E-state index in [4.69, 9.17) is 9.47 Å². The minimum Gasteiger partial charge on any atom is -0.489 e. The molecule has 0 fully saturated rings. The fourth-order valence-electron chi connectivity index (χ4n) is 3.02. The number of para-hydroxylation sites is 1. The van der Waals surface area contributed by atoms with Crippen LogP contribution in [0.3, 0.4) is 0 Å². The fraction of sp³-hybridized carbons (Fsp3) is 0.318. The van der Waals surface area contributed by atoms with E-state index in [1.54, 1.807) is 31.2 Å². The van der Waals surface area contributed by atoms with Crippen LogP contribution in [0.5, 0.6) is 5.75 Å². The van der Waals surface area contributed by atoms with Gasteiger partial charge in [-0.25, -0.2) is 4.98 Å². The standard InChI is InChI=1S/C22H22F3N3O4S/c1-3-28-20(30)15-6-4-5-7-16(15)27-21(28)33-13-19(29)26-17-12-14(22(23,24)25)8-9-18(17)32-11-10-31-2/h4-9,12H,3,10-11,13H2,1-2H3,(H,26,29). The molecule has 1 aromatic heterocycles. The average molecular weight is 481 g/mol. The molecule has 3 rings (SSSR count). The summed E-state index contributed by atoms with van der Waals surface area (Å²) in [5.74, 6) is -0.646. The number of ether oxygens (including phenoxy) is 2. The first kappa shape index (κ1) is 24.6. The fourth-order valence-corrected chi connectivity index (χ4v) is 3.88. The number of nitrogens with zero attached hydrogens (tertiary/aromatic N) is 2. The summed E-state index contributed by atoms with van der Waals surface area (Å²) < 4.78 is 51.2. The van der Waals surface area contributed by atoms with Gasteiger partial charge in [0.25, 0.3) is 5.56 Å². The summed E-state index contributed by atoms with van der Waals surface area (Å²) in [6.07, 6.45) is -4.58. The first-order chi connectivity index (χ1) is 15.7. The van der Waals surface area contributed by atoms with Crippen LogP contribution in [0.1, 0.15) is 12.5 Å². The van der Waals surface area contributed by atoms with Crippen molar-refractivity contribution in [2.45, 2.75) is 24.8 Å². The van der Waals surface area contributed by atoms with E-state index >= 15 is 0 Å². The highest BCUT2D eigenvalue weighted by molar-refractivity contribution is 7.99. The Labute approximate surface area is 191 Å². The number of methoxy groups -OCH3 is 1. The summed E-state index contributed by atoms with van der Waals surface area (Å²) in [6, 6.07) is 9.73. The number of nitrogens with one attached hydrogen (secondary N) is 1. The second kappa shape index (κ2) is 10.7. The number of alkyl halides is 3. The summed E-state index contributed by atoms with van der Waals surface area (Å²) in [6.45, 7) is 2.47. The third-order valence-electron chi connectivity index (χ3n) is 4.60. The molecule has 1 amide bonds. The van der Waals surface area contributed by atoms with Gasteiger partial charge in [-0.05, 0) is 37.3 Å². The molecule has 3 aromatic rings. The Morgan fingerprint density at radius 3 is 2.64 bits per heavy atom. The van der Waals surface area contributed by atoms with Crippen LogP contribution in [0.15, 0.2) is 52.4 Å². The molecular formula is C22H22F3N3O4S. The first-order valence-electron chi connectivity index (χ1n) is 9.99. The van der Waals surface area contributed by atoms with Gasteiger partial charge in [0.15, 0.2) is 5.16 Å². The highest BCUT2D eigenvalue weighted by Gasteiger charge is 2.31. The van der Waals surface area contributed by atoms with Crippen LogP contribution in [-0.4, -0.2) is 41.5 Å². The van der Waals surface area contributed by atoms with Gasteiger partial charge in [0, 0.05) is 13.7 Å². The third kappa shape index (κ3) is 6.05. The normalized spacial score (nSPS) is 11.5. The lowest BCUT2D eigenvalue weighted by Gasteiger charge is -2.15. The molecule has 7 nitrogen and oxygen atoms in total. The quantitative estimate of drug-likeness (QED) is 0.280. The minimum atomic E-state index is -4.58. The highest BCUT2D eigenvalue weighted by Crippen LogP contribution is 2.35. The molecule has 33 heavy (non-hydrogen) atoms. The first-order valence-corrected chi connectivity index (χ1v) is 11.0. The molecule has 176 valence electrons. The van der Waals surface area contributed by atoms with Crippen molar-refractivity contribution in [3.05, 3.63) is 58.4 Å². The second-order valence-electron chi connectivity index (χ2n) is 6.85. The van der Waals surface area contributed by atoms with Gasteiger partial charge in [-0.1, -0.05) is 23.9 Å². The second-order valence-corrected chi connectivity index (χ2v) is 7.79. The third-order valence-corrected chi connectivity index (χ3v) is 5.58. The molecule has 0 spiro atoms. The zero-order valence-electron chi connectivity index (χ0n) is 17.9. The Morgan fingerprint density at radius 1 is 1.18 bits per heavy atom. The van der Waals surface area contributed by atoms with Crippen LogP contribution in [0, 0.1) is 0 Å². The predicted molar refractivity (Wildman–Crippen MR) is 120 cm³/mol. The largest absolute Gasteiger partial charge is 0.489 e. The average Bonchev–Trinajstić information content (AvgIpc) is 2.78. The Kier molecular flexibility index (Phi) is 7.98. The van der Waals surface area contributed by atoms with E-state index in [9.17, 15) is 22.8 Å². The van der Waals surface area contributed by atoms with E-state index in [2.05, 4.69) is 10.3 Å². The van der Waals surface area contributed by atoms with Crippen molar-refractivity contribution in [3.63, 3.8) is 0 Å².